The molecule has 1 atom stereocenters. The summed E-state index contributed by atoms with van der Waals surface area (Å²) in [5, 5.41) is 4.59. The van der Waals surface area contributed by atoms with Crippen LogP contribution in [0.3, 0.4) is 0 Å². The van der Waals surface area contributed by atoms with Gasteiger partial charge in [-0.25, -0.2) is 4.98 Å². The van der Waals surface area contributed by atoms with Crippen molar-refractivity contribution in [3.63, 3.8) is 0 Å². The summed E-state index contributed by atoms with van der Waals surface area (Å²) < 4.78 is 5.76. The molecule has 96 valence electrons. The highest BCUT2D eigenvalue weighted by molar-refractivity contribution is 7.99. The van der Waals surface area contributed by atoms with Crippen molar-refractivity contribution in [1.82, 2.24) is 10.3 Å². The minimum Gasteiger partial charge on any atom is -0.369 e. The van der Waals surface area contributed by atoms with Crippen LogP contribution < -0.4 is 5.32 Å². The van der Waals surface area contributed by atoms with Gasteiger partial charge in [-0.1, -0.05) is 6.92 Å². The van der Waals surface area contributed by atoms with Crippen molar-refractivity contribution < 1.29 is 4.74 Å². The molecule has 1 aliphatic rings. The van der Waals surface area contributed by atoms with Gasteiger partial charge in [-0.15, -0.1) is 11.3 Å². The number of aromatic nitrogens is 1. The van der Waals surface area contributed by atoms with Crippen molar-refractivity contribution in [2.24, 2.45) is 0 Å². The second-order valence-electron chi connectivity index (χ2n) is 4.17. The number of nitrogens with zero attached hydrogens (tertiary/aromatic N) is 1. The predicted octanol–water partition coefficient (Wildman–Crippen LogP) is 2.76. The van der Waals surface area contributed by atoms with Crippen molar-refractivity contribution in [3.05, 3.63) is 15.6 Å². The van der Waals surface area contributed by atoms with E-state index in [4.69, 9.17) is 4.74 Å². The molecule has 0 aliphatic carbocycles. The summed E-state index contributed by atoms with van der Waals surface area (Å²) in [4.78, 5) is 6.01. The van der Waals surface area contributed by atoms with E-state index < -0.39 is 0 Å². The molecule has 2 rings (SSSR count). The van der Waals surface area contributed by atoms with Crippen molar-refractivity contribution in [2.75, 3.05) is 24.7 Å². The van der Waals surface area contributed by atoms with E-state index in [0.717, 1.165) is 41.9 Å². The molecule has 1 aromatic heterocycles. The third kappa shape index (κ3) is 3.68. The lowest BCUT2D eigenvalue weighted by Crippen LogP contribution is -2.15. The molecule has 0 aromatic carbocycles. The van der Waals surface area contributed by atoms with Gasteiger partial charge < -0.3 is 10.1 Å². The third-order valence-electron chi connectivity index (χ3n) is 2.71. The van der Waals surface area contributed by atoms with E-state index in [1.807, 2.05) is 11.8 Å². The molecule has 1 fully saturated rings. The van der Waals surface area contributed by atoms with Crippen molar-refractivity contribution in [2.45, 2.75) is 32.9 Å². The summed E-state index contributed by atoms with van der Waals surface area (Å²) >= 11 is 3.77. The molecule has 0 amide bonds. The van der Waals surface area contributed by atoms with Crippen LogP contribution >= 0.6 is 23.1 Å². The van der Waals surface area contributed by atoms with Gasteiger partial charge in [-0.3, -0.25) is 0 Å². The molecule has 0 spiro atoms. The first-order valence-electron chi connectivity index (χ1n) is 6.17. The van der Waals surface area contributed by atoms with Crippen LogP contribution in [0, 0.1) is 6.92 Å². The number of thioether (sulfide) groups is 1. The highest BCUT2D eigenvalue weighted by Gasteiger charge is 2.21. The Labute approximate surface area is 111 Å². The average molecular weight is 272 g/mol. The van der Waals surface area contributed by atoms with Gasteiger partial charge in [0.05, 0.1) is 12.3 Å². The van der Waals surface area contributed by atoms with Gasteiger partial charge in [0.15, 0.2) is 0 Å². The number of thiazole rings is 1. The van der Waals surface area contributed by atoms with Gasteiger partial charge >= 0.3 is 0 Å². The second kappa shape index (κ2) is 6.73. The zero-order valence-electron chi connectivity index (χ0n) is 10.5. The Morgan fingerprint density at radius 3 is 3.12 bits per heavy atom. The lowest BCUT2D eigenvalue weighted by molar-refractivity contribution is 0.0754. The normalized spacial score (nSPS) is 20.7. The SMILES string of the molecule is CCCNCc1sc(C2CSCCO2)nc1C. The standard InChI is InChI=1S/C12H20N2OS2/c1-3-4-13-7-11-9(2)14-12(17-11)10-8-16-6-5-15-10/h10,13H,3-8H2,1-2H3. The maximum absolute atomic E-state index is 5.76. The molecule has 1 saturated heterocycles. The number of hydrogen-bond acceptors (Lipinski definition) is 5. The molecule has 0 radical (unpaired) electrons. The molecule has 1 unspecified atom stereocenters. The molecule has 1 aliphatic heterocycles. The fourth-order valence-corrected chi connectivity index (χ4v) is 3.80. The summed E-state index contributed by atoms with van der Waals surface area (Å²) in [6, 6.07) is 0. The van der Waals surface area contributed by atoms with E-state index >= 15 is 0 Å². The van der Waals surface area contributed by atoms with Gasteiger partial charge in [0, 0.05) is 22.9 Å². The van der Waals surface area contributed by atoms with Crippen LogP contribution in [0.25, 0.3) is 0 Å². The Hall–Kier alpha value is -0.100. The van der Waals surface area contributed by atoms with E-state index in [0.29, 0.717) is 0 Å². The van der Waals surface area contributed by atoms with Gasteiger partial charge in [0.1, 0.15) is 11.1 Å². The summed E-state index contributed by atoms with van der Waals surface area (Å²) in [6.45, 7) is 7.15. The summed E-state index contributed by atoms with van der Waals surface area (Å²) in [7, 11) is 0. The van der Waals surface area contributed by atoms with Crippen LogP contribution in [0.2, 0.25) is 0 Å². The molecule has 0 bridgehead atoms. The highest BCUT2D eigenvalue weighted by Crippen LogP contribution is 2.31. The van der Waals surface area contributed by atoms with Crippen LogP contribution in [-0.4, -0.2) is 29.6 Å². The summed E-state index contributed by atoms with van der Waals surface area (Å²) in [5.41, 5.74) is 1.16. The van der Waals surface area contributed by atoms with E-state index in [-0.39, 0.29) is 6.10 Å². The monoisotopic (exact) mass is 272 g/mol. The number of rotatable bonds is 5. The molecule has 5 heteroatoms. The highest BCUT2D eigenvalue weighted by atomic mass is 32.2. The Kier molecular flexibility index (Phi) is 5.28. The predicted molar refractivity (Wildman–Crippen MR) is 74.9 cm³/mol. The van der Waals surface area contributed by atoms with Gasteiger partial charge in [0.2, 0.25) is 0 Å². The molecule has 1 N–H and O–H groups in total. The minimum absolute atomic E-state index is 0.220. The zero-order valence-corrected chi connectivity index (χ0v) is 12.1. The van der Waals surface area contributed by atoms with Crippen molar-refractivity contribution in [1.29, 1.82) is 0 Å². The van der Waals surface area contributed by atoms with Crippen LogP contribution in [0.5, 0.6) is 0 Å². The first-order chi connectivity index (χ1) is 8.31. The maximum atomic E-state index is 5.76. The van der Waals surface area contributed by atoms with Crippen LogP contribution in [0.1, 0.15) is 35.0 Å². The van der Waals surface area contributed by atoms with Crippen LogP contribution in [0.15, 0.2) is 0 Å². The van der Waals surface area contributed by atoms with E-state index in [2.05, 4.69) is 24.1 Å². The molecular weight excluding hydrogens is 252 g/mol. The Morgan fingerprint density at radius 2 is 2.41 bits per heavy atom. The minimum atomic E-state index is 0.220. The maximum Gasteiger partial charge on any atom is 0.123 e. The summed E-state index contributed by atoms with van der Waals surface area (Å²) in [5.74, 6) is 2.17. The van der Waals surface area contributed by atoms with Crippen molar-refractivity contribution in [3.8, 4) is 0 Å². The van der Waals surface area contributed by atoms with Crippen LogP contribution in [0.4, 0.5) is 0 Å². The molecule has 0 saturated carbocycles. The lowest BCUT2D eigenvalue weighted by Gasteiger charge is -2.19. The Balaban J connectivity index is 1.96. The first kappa shape index (κ1) is 13.3. The molecule has 1 aromatic rings. The van der Waals surface area contributed by atoms with E-state index in [1.165, 1.54) is 11.3 Å². The summed E-state index contributed by atoms with van der Waals surface area (Å²) in [6.07, 6.45) is 1.39. The van der Waals surface area contributed by atoms with Crippen LogP contribution in [-0.2, 0) is 11.3 Å². The first-order valence-corrected chi connectivity index (χ1v) is 8.14. The molecular formula is C12H20N2OS2. The Bertz CT molecular complexity index is 348. The van der Waals surface area contributed by atoms with Gasteiger partial charge in [-0.2, -0.15) is 11.8 Å². The fourth-order valence-electron chi connectivity index (χ4n) is 1.76. The number of hydrogen-bond donors (Lipinski definition) is 1. The number of aryl methyl sites for hydroxylation is 1. The zero-order chi connectivity index (χ0) is 12.1. The van der Waals surface area contributed by atoms with Crippen molar-refractivity contribution >= 4 is 23.1 Å². The number of ether oxygens (including phenoxy) is 1. The lowest BCUT2D eigenvalue weighted by atomic mass is 10.3. The van der Waals surface area contributed by atoms with Gasteiger partial charge in [0.25, 0.3) is 0 Å². The van der Waals surface area contributed by atoms with E-state index in [9.17, 15) is 0 Å². The number of nitrogens with one attached hydrogen (secondary N) is 1. The molecule has 17 heavy (non-hydrogen) atoms. The van der Waals surface area contributed by atoms with E-state index in [1.54, 1.807) is 11.3 Å². The average Bonchev–Trinajstić information content (AvgIpc) is 2.73. The fraction of sp³-hybridized carbons (Fsp3) is 0.750. The third-order valence-corrected chi connectivity index (χ3v) is 4.96. The largest absolute Gasteiger partial charge is 0.369 e. The molecule has 2 heterocycles. The second-order valence-corrected chi connectivity index (χ2v) is 6.44. The van der Waals surface area contributed by atoms with Gasteiger partial charge in [-0.05, 0) is 19.9 Å². The quantitative estimate of drug-likeness (QED) is 0.836. The smallest absolute Gasteiger partial charge is 0.123 e. The Morgan fingerprint density at radius 1 is 1.53 bits per heavy atom. The molecule has 3 nitrogen and oxygen atoms in total. The topological polar surface area (TPSA) is 34.1 Å².